The Morgan fingerprint density at radius 2 is 1.94 bits per heavy atom. The molecule has 1 aromatic rings. The van der Waals surface area contributed by atoms with Crippen LogP contribution in [0.5, 0.6) is 0 Å². The summed E-state index contributed by atoms with van der Waals surface area (Å²) in [5, 5.41) is 3.80. The largest absolute Gasteiger partial charge is 0.307 e. The number of hydrogen-bond donors (Lipinski definition) is 1. The van der Waals surface area contributed by atoms with Crippen LogP contribution >= 0.6 is 0 Å². The summed E-state index contributed by atoms with van der Waals surface area (Å²) in [5.41, 5.74) is 1.44. The second-order valence-corrected chi connectivity index (χ2v) is 5.04. The van der Waals surface area contributed by atoms with Crippen molar-refractivity contribution in [3.8, 4) is 0 Å². The van der Waals surface area contributed by atoms with Gasteiger partial charge in [-0.2, -0.15) is 0 Å². The third-order valence-corrected chi connectivity index (χ3v) is 3.57. The molecule has 0 heterocycles. The molecule has 0 bridgehead atoms. The molecule has 1 aliphatic rings. The molecule has 2 atom stereocenters. The predicted octanol–water partition coefficient (Wildman–Crippen LogP) is 3.92. The molecule has 0 radical (unpaired) electrons. The number of nitrogens with one attached hydrogen (secondary N) is 1. The SMILES string of the molecule is CCCC(NC(C)C1CC1)c1ccccc1. The van der Waals surface area contributed by atoms with Gasteiger partial charge >= 0.3 is 0 Å². The summed E-state index contributed by atoms with van der Waals surface area (Å²) in [7, 11) is 0. The quantitative estimate of drug-likeness (QED) is 0.761. The molecular formula is C15H23N. The molecule has 1 heteroatoms. The van der Waals surface area contributed by atoms with Gasteiger partial charge < -0.3 is 5.32 Å². The van der Waals surface area contributed by atoms with Crippen LogP contribution in [0.15, 0.2) is 30.3 Å². The smallest absolute Gasteiger partial charge is 0.0322 e. The summed E-state index contributed by atoms with van der Waals surface area (Å²) in [6, 6.07) is 12.1. The molecule has 88 valence electrons. The molecule has 0 aromatic heterocycles. The minimum atomic E-state index is 0.543. The minimum absolute atomic E-state index is 0.543. The lowest BCUT2D eigenvalue weighted by atomic mass is 10.0. The Hall–Kier alpha value is -0.820. The Labute approximate surface area is 99.3 Å². The van der Waals surface area contributed by atoms with Crippen molar-refractivity contribution in [3.63, 3.8) is 0 Å². The molecule has 16 heavy (non-hydrogen) atoms. The van der Waals surface area contributed by atoms with Crippen LogP contribution in [0.3, 0.4) is 0 Å². The summed E-state index contributed by atoms with van der Waals surface area (Å²) >= 11 is 0. The summed E-state index contributed by atoms with van der Waals surface area (Å²) in [6.45, 7) is 4.60. The van der Waals surface area contributed by atoms with E-state index in [9.17, 15) is 0 Å². The highest BCUT2D eigenvalue weighted by Crippen LogP contribution is 2.34. The maximum absolute atomic E-state index is 3.80. The maximum atomic E-state index is 3.80. The molecular weight excluding hydrogens is 194 g/mol. The number of benzene rings is 1. The average molecular weight is 217 g/mol. The minimum Gasteiger partial charge on any atom is -0.307 e. The van der Waals surface area contributed by atoms with Crippen molar-refractivity contribution in [2.24, 2.45) is 5.92 Å². The van der Waals surface area contributed by atoms with Gasteiger partial charge in [0, 0.05) is 12.1 Å². The first-order valence-electron chi connectivity index (χ1n) is 6.62. The van der Waals surface area contributed by atoms with Gasteiger partial charge in [0.25, 0.3) is 0 Å². The van der Waals surface area contributed by atoms with Crippen LogP contribution in [0, 0.1) is 5.92 Å². The van der Waals surface area contributed by atoms with E-state index in [0.29, 0.717) is 12.1 Å². The first kappa shape index (κ1) is 11.7. The van der Waals surface area contributed by atoms with Crippen molar-refractivity contribution < 1.29 is 0 Å². The molecule has 1 aromatic carbocycles. The van der Waals surface area contributed by atoms with Crippen LogP contribution in [0.1, 0.15) is 51.1 Å². The van der Waals surface area contributed by atoms with Crippen molar-refractivity contribution in [3.05, 3.63) is 35.9 Å². The van der Waals surface area contributed by atoms with Gasteiger partial charge in [0.2, 0.25) is 0 Å². The van der Waals surface area contributed by atoms with Crippen molar-refractivity contribution in [1.82, 2.24) is 5.32 Å². The van der Waals surface area contributed by atoms with Crippen LogP contribution < -0.4 is 5.32 Å². The Bertz CT molecular complexity index is 302. The zero-order valence-electron chi connectivity index (χ0n) is 10.4. The van der Waals surface area contributed by atoms with E-state index in [-0.39, 0.29) is 0 Å². The monoisotopic (exact) mass is 217 g/mol. The highest BCUT2D eigenvalue weighted by molar-refractivity contribution is 5.19. The lowest BCUT2D eigenvalue weighted by molar-refractivity contribution is 0.402. The van der Waals surface area contributed by atoms with Crippen LogP contribution in [0.25, 0.3) is 0 Å². The summed E-state index contributed by atoms with van der Waals surface area (Å²) in [6.07, 6.45) is 5.31. The van der Waals surface area contributed by atoms with Gasteiger partial charge in [-0.1, -0.05) is 43.7 Å². The molecule has 1 fully saturated rings. The first-order chi connectivity index (χ1) is 7.81. The molecule has 1 nitrogen and oxygen atoms in total. The lowest BCUT2D eigenvalue weighted by Crippen LogP contribution is -2.32. The van der Waals surface area contributed by atoms with Gasteiger partial charge in [-0.3, -0.25) is 0 Å². The van der Waals surface area contributed by atoms with Crippen molar-refractivity contribution >= 4 is 0 Å². The third-order valence-electron chi connectivity index (χ3n) is 3.57. The number of hydrogen-bond acceptors (Lipinski definition) is 1. The molecule has 1 N–H and O–H groups in total. The topological polar surface area (TPSA) is 12.0 Å². The van der Waals surface area contributed by atoms with Gasteiger partial charge in [0.15, 0.2) is 0 Å². The van der Waals surface area contributed by atoms with E-state index in [1.165, 1.54) is 31.2 Å². The Morgan fingerprint density at radius 1 is 1.25 bits per heavy atom. The van der Waals surface area contributed by atoms with E-state index in [4.69, 9.17) is 0 Å². The first-order valence-corrected chi connectivity index (χ1v) is 6.62. The van der Waals surface area contributed by atoms with Crippen LogP contribution in [-0.2, 0) is 0 Å². The van der Waals surface area contributed by atoms with E-state index in [2.05, 4.69) is 49.5 Å². The van der Waals surface area contributed by atoms with Gasteiger partial charge in [0.1, 0.15) is 0 Å². The molecule has 0 amide bonds. The van der Waals surface area contributed by atoms with Crippen LogP contribution in [0.2, 0.25) is 0 Å². The molecule has 0 aliphatic heterocycles. The van der Waals surface area contributed by atoms with Crippen LogP contribution in [0.4, 0.5) is 0 Å². The maximum Gasteiger partial charge on any atom is 0.0322 e. The average Bonchev–Trinajstić information content (AvgIpc) is 3.13. The Morgan fingerprint density at radius 3 is 2.50 bits per heavy atom. The second kappa shape index (κ2) is 5.49. The summed E-state index contributed by atoms with van der Waals surface area (Å²) in [4.78, 5) is 0. The fraction of sp³-hybridized carbons (Fsp3) is 0.600. The third kappa shape index (κ3) is 3.08. The summed E-state index contributed by atoms with van der Waals surface area (Å²) < 4.78 is 0. The Kier molecular flexibility index (Phi) is 4.00. The predicted molar refractivity (Wildman–Crippen MR) is 69.4 cm³/mol. The second-order valence-electron chi connectivity index (χ2n) is 5.04. The molecule has 0 spiro atoms. The van der Waals surface area contributed by atoms with E-state index < -0.39 is 0 Å². The molecule has 0 saturated heterocycles. The van der Waals surface area contributed by atoms with E-state index in [1.807, 2.05) is 0 Å². The van der Waals surface area contributed by atoms with Gasteiger partial charge in [0.05, 0.1) is 0 Å². The normalized spacial score (nSPS) is 19.4. The van der Waals surface area contributed by atoms with Gasteiger partial charge in [-0.25, -0.2) is 0 Å². The standard InChI is InChI=1S/C15H23N/c1-3-7-15(14-8-5-4-6-9-14)16-12(2)13-10-11-13/h4-6,8-9,12-13,15-16H,3,7,10-11H2,1-2H3. The molecule has 1 saturated carbocycles. The molecule has 2 rings (SSSR count). The van der Waals surface area contributed by atoms with Crippen molar-refractivity contribution in [1.29, 1.82) is 0 Å². The fourth-order valence-electron chi connectivity index (χ4n) is 2.37. The molecule has 2 unspecified atom stereocenters. The zero-order chi connectivity index (χ0) is 11.4. The lowest BCUT2D eigenvalue weighted by Gasteiger charge is -2.23. The summed E-state index contributed by atoms with van der Waals surface area (Å²) in [5.74, 6) is 0.933. The van der Waals surface area contributed by atoms with Crippen molar-refractivity contribution in [2.45, 2.75) is 51.6 Å². The highest BCUT2D eigenvalue weighted by Gasteiger charge is 2.29. The number of rotatable bonds is 6. The Balaban J connectivity index is 1.98. The van der Waals surface area contributed by atoms with E-state index >= 15 is 0 Å². The van der Waals surface area contributed by atoms with E-state index in [1.54, 1.807) is 0 Å². The van der Waals surface area contributed by atoms with Gasteiger partial charge in [-0.05, 0) is 37.7 Å². The molecule has 1 aliphatic carbocycles. The van der Waals surface area contributed by atoms with Crippen LogP contribution in [-0.4, -0.2) is 6.04 Å². The van der Waals surface area contributed by atoms with E-state index in [0.717, 1.165) is 5.92 Å². The van der Waals surface area contributed by atoms with Crippen molar-refractivity contribution in [2.75, 3.05) is 0 Å². The fourth-order valence-corrected chi connectivity index (χ4v) is 2.37. The van der Waals surface area contributed by atoms with Gasteiger partial charge in [-0.15, -0.1) is 0 Å². The zero-order valence-corrected chi connectivity index (χ0v) is 10.4. The highest BCUT2D eigenvalue weighted by atomic mass is 15.0.